The maximum atomic E-state index is 6.77. The molecule has 56 heavy (non-hydrogen) atoms. The lowest BCUT2D eigenvalue weighted by atomic mass is 9.79. The molecule has 3 fully saturated rings. The standard InChI is InChI=1S/C53H58O3/c1-34(2)33-54-46-19-12-37(13-20-46)35(3)26-43(39-16-23-48(24-17-39)56-53-32-45-31-52(53)51-11-7-10-50(45)51)27-36(4)38-14-21-47(22-15-38)55-49-25-18-42-28-40-8-5-6-9-41(40)29-44(42)30-49/h5-6,8-9,12-25,28-30,34-36,43,45,50-53H,7,10-11,26-27,31-33H2,1-4H3. The van der Waals surface area contributed by atoms with E-state index in [2.05, 4.69) is 155 Å². The summed E-state index contributed by atoms with van der Waals surface area (Å²) in [6, 6.07) is 46.2. The van der Waals surface area contributed by atoms with Crippen LogP contribution in [0.25, 0.3) is 21.5 Å². The molecule has 0 aromatic heterocycles. The van der Waals surface area contributed by atoms with E-state index < -0.39 is 0 Å². The predicted molar refractivity (Wildman–Crippen MR) is 231 cm³/mol. The molecule has 0 saturated heterocycles. The molecular weight excluding hydrogens is 685 g/mol. The average Bonchev–Trinajstić information content (AvgIpc) is 3.95. The molecule has 0 radical (unpaired) electrons. The molecule has 9 rings (SSSR count). The van der Waals surface area contributed by atoms with E-state index in [1.165, 1.54) is 70.3 Å². The van der Waals surface area contributed by atoms with E-state index in [0.717, 1.165) is 66.1 Å². The van der Waals surface area contributed by atoms with Crippen LogP contribution in [0.5, 0.6) is 23.0 Å². The number of hydrogen-bond acceptors (Lipinski definition) is 3. The summed E-state index contributed by atoms with van der Waals surface area (Å²) in [5.74, 6) is 9.01. The minimum Gasteiger partial charge on any atom is -0.493 e. The minimum absolute atomic E-state index is 0.381. The van der Waals surface area contributed by atoms with Gasteiger partial charge in [0.1, 0.15) is 29.1 Å². The number of ether oxygens (including phenoxy) is 3. The molecule has 3 saturated carbocycles. The first-order valence-electron chi connectivity index (χ1n) is 21.5. The highest BCUT2D eigenvalue weighted by Crippen LogP contribution is 2.59. The molecular formula is C53H58O3. The van der Waals surface area contributed by atoms with Crippen LogP contribution in [0.4, 0.5) is 0 Å². The molecule has 3 nitrogen and oxygen atoms in total. The average molecular weight is 743 g/mol. The second kappa shape index (κ2) is 16.0. The third-order valence-electron chi connectivity index (χ3n) is 13.7. The highest BCUT2D eigenvalue weighted by Gasteiger charge is 2.54. The Morgan fingerprint density at radius 1 is 0.518 bits per heavy atom. The zero-order valence-electron chi connectivity index (χ0n) is 33.7. The summed E-state index contributed by atoms with van der Waals surface area (Å²) >= 11 is 0. The molecule has 8 unspecified atom stereocenters. The number of hydrogen-bond donors (Lipinski definition) is 0. The molecule has 3 heteroatoms. The van der Waals surface area contributed by atoms with Crippen LogP contribution in [0.1, 0.15) is 107 Å². The SMILES string of the molecule is CC(C)COc1ccc(C(C)CC(CC(C)c2ccc(Oc3ccc4cc5ccccc5cc4c3)cc2)c2ccc(OC3CC4CC3C3CCCC43)cc2)cc1. The van der Waals surface area contributed by atoms with Crippen LogP contribution in [-0.2, 0) is 0 Å². The fourth-order valence-corrected chi connectivity index (χ4v) is 10.8. The Morgan fingerprint density at radius 2 is 1.09 bits per heavy atom. The Balaban J connectivity index is 0.892. The van der Waals surface area contributed by atoms with Crippen molar-refractivity contribution in [3.8, 4) is 23.0 Å². The first-order chi connectivity index (χ1) is 27.3. The van der Waals surface area contributed by atoms with Gasteiger partial charge in [-0.25, -0.2) is 0 Å². The molecule has 0 spiro atoms. The quantitative estimate of drug-likeness (QED) is 0.104. The summed E-state index contributed by atoms with van der Waals surface area (Å²) < 4.78 is 19.2. The zero-order chi connectivity index (χ0) is 38.2. The maximum Gasteiger partial charge on any atom is 0.128 e. The normalized spacial score (nSPS) is 23.0. The van der Waals surface area contributed by atoms with Gasteiger partial charge in [-0.15, -0.1) is 0 Å². The van der Waals surface area contributed by atoms with Crippen LogP contribution in [-0.4, -0.2) is 12.7 Å². The highest BCUT2D eigenvalue weighted by molar-refractivity contribution is 5.98. The number of benzene rings is 6. The van der Waals surface area contributed by atoms with Crippen molar-refractivity contribution in [2.45, 2.75) is 96.5 Å². The van der Waals surface area contributed by atoms with Gasteiger partial charge in [0.05, 0.1) is 6.61 Å². The van der Waals surface area contributed by atoms with Crippen molar-refractivity contribution in [3.63, 3.8) is 0 Å². The highest BCUT2D eigenvalue weighted by atomic mass is 16.5. The van der Waals surface area contributed by atoms with Crippen LogP contribution < -0.4 is 14.2 Å². The van der Waals surface area contributed by atoms with Crippen LogP contribution in [0.15, 0.2) is 127 Å². The van der Waals surface area contributed by atoms with Gasteiger partial charge in [-0.1, -0.05) is 101 Å². The molecule has 6 aromatic carbocycles. The molecule has 3 aliphatic carbocycles. The lowest BCUT2D eigenvalue weighted by Crippen LogP contribution is -2.32. The van der Waals surface area contributed by atoms with E-state index in [1.807, 2.05) is 0 Å². The van der Waals surface area contributed by atoms with E-state index in [1.54, 1.807) is 0 Å². The van der Waals surface area contributed by atoms with Crippen LogP contribution in [0.2, 0.25) is 0 Å². The van der Waals surface area contributed by atoms with Gasteiger partial charge in [0.2, 0.25) is 0 Å². The molecule has 0 amide bonds. The summed E-state index contributed by atoms with van der Waals surface area (Å²) in [7, 11) is 0. The predicted octanol–water partition coefficient (Wildman–Crippen LogP) is 14.5. The third kappa shape index (κ3) is 7.93. The fraction of sp³-hybridized carbons (Fsp3) is 0.396. The Hall–Kier alpha value is -4.76. The van der Waals surface area contributed by atoms with Gasteiger partial charge < -0.3 is 14.2 Å². The van der Waals surface area contributed by atoms with Crippen molar-refractivity contribution in [1.29, 1.82) is 0 Å². The van der Waals surface area contributed by atoms with Crippen molar-refractivity contribution in [1.82, 2.24) is 0 Å². The van der Waals surface area contributed by atoms with Crippen molar-refractivity contribution in [2.75, 3.05) is 6.61 Å². The summed E-state index contributed by atoms with van der Waals surface area (Å²) in [6.45, 7) is 9.88. The summed E-state index contributed by atoms with van der Waals surface area (Å²) in [6.07, 6.45) is 9.52. The topological polar surface area (TPSA) is 27.7 Å². The molecule has 8 atom stereocenters. The third-order valence-corrected chi connectivity index (χ3v) is 13.7. The Morgan fingerprint density at radius 3 is 1.77 bits per heavy atom. The van der Waals surface area contributed by atoms with Crippen LogP contribution >= 0.6 is 0 Å². The minimum atomic E-state index is 0.381. The van der Waals surface area contributed by atoms with Crippen molar-refractivity contribution < 1.29 is 14.2 Å². The lowest BCUT2D eigenvalue weighted by Gasteiger charge is -2.32. The fourth-order valence-electron chi connectivity index (χ4n) is 10.8. The molecule has 0 N–H and O–H groups in total. The smallest absolute Gasteiger partial charge is 0.128 e. The van der Waals surface area contributed by atoms with Gasteiger partial charge in [-0.2, -0.15) is 0 Å². The Bertz CT molecular complexity index is 2240. The van der Waals surface area contributed by atoms with Crippen LogP contribution in [0, 0.1) is 29.6 Å². The maximum absolute atomic E-state index is 6.77. The molecule has 288 valence electrons. The van der Waals surface area contributed by atoms with Gasteiger partial charge >= 0.3 is 0 Å². The van der Waals surface area contributed by atoms with Gasteiger partial charge in [-0.05, 0) is 185 Å². The Kier molecular flexibility index (Phi) is 10.5. The Labute approximate surface area is 334 Å². The van der Waals surface area contributed by atoms with Crippen molar-refractivity contribution in [3.05, 3.63) is 144 Å². The van der Waals surface area contributed by atoms with E-state index >= 15 is 0 Å². The molecule has 2 bridgehead atoms. The molecule has 3 aliphatic rings. The van der Waals surface area contributed by atoms with E-state index in [-0.39, 0.29) is 0 Å². The van der Waals surface area contributed by atoms with Gasteiger partial charge in [0, 0.05) is 0 Å². The second-order valence-corrected chi connectivity index (χ2v) is 18.0. The molecule has 0 heterocycles. The van der Waals surface area contributed by atoms with E-state index in [4.69, 9.17) is 14.2 Å². The summed E-state index contributed by atoms with van der Waals surface area (Å²) in [5, 5.41) is 4.92. The van der Waals surface area contributed by atoms with Crippen molar-refractivity contribution in [2.24, 2.45) is 29.6 Å². The number of fused-ring (bicyclic) bond motifs is 7. The van der Waals surface area contributed by atoms with Crippen molar-refractivity contribution >= 4 is 21.5 Å². The van der Waals surface area contributed by atoms with Gasteiger partial charge in [0.15, 0.2) is 0 Å². The second-order valence-electron chi connectivity index (χ2n) is 18.0. The summed E-state index contributed by atoms with van der Waals surface area (Å²) in [4.78, 5) is 0. The zero-order valence-corrected chi connectivity index (χ0v) is 33.7. The lowest BCUT2D eigenvalue weighted by molar-refractivity contribution is 0.0842. The monoisotopic (exact) mass is 742 g/mol. The number of rotatable bonds is 14. The van der Waals surface area contributed by atoms with Gasteiger partial charge in [-0.3, -0.25) is 0 Å². The largest absolute Gasteiger partial charge is 0.493 e. The van der Waals surface area contributed by atoms with E-state index in [0.29, 0.717) is 29.8 Å². The van der Waals surface area contributed by atoms with E-state index in [9.17, 15) is 0 Å². The molecule has 6 aromatic rings. The van der Waals surface area contributed by atoms with Gasteiger partial charge in [0.25, 0.3) is 0 Å². The first-order valence-corrected chi connectivity index (χ1v) is 21.5. The first kappa shape index (κ1) is 36.9. The summed E-state index contributed by atoms with van der Waals surface area (Å²) in [5.41, 5.74) is 4.11. The van der Waals surface area contributed by atoms with Crippen LogP contribution in [0.3, 0.4) is 0 Å². The molecule has 0 aliphatic heterocycles.